The highest BCUT2D eigenvalue weighted by Gasteiger charge is 2.32. The predicted octanol–water partition coefficient (Wildman–Crippen LogP) is 2.72. The summed E-state index contributed by atoms with van der Waals surface area (Å²) in [4.78, 5) is 22.7. The fourth-order valence-electron chi connectivity index (χ4n) is 1.56. The lowest BCUT2D eigenvalue weighted by Crippen LogP contribution is -2.50. The molecule has 1 aromatic carbocycles. The minimum absolute atomic E-state index is 0.281. The fraction of sp³-hybridized carbons (Fsp3) is 0.385. The lowest BCUT2D eigenvalue weighted by atomic mass is 9.87. The maximum Gasteiger partial charge on any atom is 0.326 e. The summed E-state index contributed by atoms with van der Waals surface area (Å²) in [5.74, 6) is -5.18. The van der Waals surface area contributed by atoms with Crippen molar-refractivity contribution in [3.05, 3.63) is 29.6 Å². The first kappa shape index (κ1) is 16.8. The molecule has 0 heterocycles. The molecule has 0 unspecified atom stereocenters. The summed E-state index contributed by atoms with van der Waals surface area (Å²) < 4.78 is 39.1. The zero-order chi connectivity index (χ0) is 16.4. The molecule has 0 fully saturated rings. The van der Waals surface area contributed by atoms with Gasteiger partial charge < -0.3 is 15.7 Å². The van der Waals surface area contributed by atoms with E-state index in [4.69, 9.17) is 5.11 Å². The number of hydrogen-bond acceptors (Lipinski definition) is 2. The van der Waals surface area contributed by atoms with E-state index in [-0.39, 0.29) is 6.07 Å². The molecule has 0 spiro atoms. The van der Waals surface area contributed by atoms with Crippen molar-refractivity contribution in [1.82, 2.24) is 5.32 Å². The van der Waals surface area contributed by atoms with E-state index in [1.54, 1.807) is 20.8 Å². The minimum Gasteiger partial charge on any atom is -0.480 e. The molecule has 1 rings (SSSR count). The SMILES string of the molecule is CC(C)(C)[C@H](NC(=O)Nc1cc(F)c(F)cc1F)C(=O)O. The number of halogens is 3. The Hall–Kier alpha value is -2.25. The molecular formula is C13H15F3N2O3. The molecular weight excluding hydrogens is 289 g/mol. The molecule has 0 saturated heterocycles. The Morgan fingerprint density at radius 3 is 2.10 bits per heavy atom. The molecule has 1 aromatic rings. The molecule has 1 atom stereocenters. The highest BCUT2D eigenvalue weighted by Crippen LogP contribution is 2.21. The van der Waals surface area contributed by atoms with Gasteiger partial charge in [0.25, 0.3) is 0 Å². The Kier molecular flexibility index (Phi) is 4.82. The monoisotopic (exact) mass is 304 g/mol. The van der Waals surface area contributed by atoms with Crippen LogP contribution in [0, 0.1) is 22.9 Å². The minimum atomic E-state index is -1.39. The molecule has 0 radical (unpaired) electrons. The van der Waals surface area contributed by atoms with Crippen LogP contribution >= 0.6 is 0 Å². The number of carbonyl (C=O) groups is 2. The van der Waals surface area contributed by atoms with Crippen LogP contribution in [0.3, 0.4) is 0 Å². The molecule has 0 saturated carbocycles. The van der Waals surface area contributed by atoms with Crippen molar-refractivity contribution in [2.75, 3.05) is 5.32 Å². The van der Waals surface area contributed by atoms with Crippen LogP contribution in [0.1, 0.15) is 20.8 Å². The van der Waals surface area contributed by atoms with Crippen LogP contribution in [-0.2, 0) is 4.79 Å². The van der Waals surface area contributed by atoms with E-state index in [1.165, 1.54) is 0 Å². The van der Waals surface area contributed by atoms with Gasteiger partial charge in [0.2, 0.25) is 0 Å². The van der Waals surface area contributed by atoms with Crippen molar-refractivity contribution in [1.29, 1.82) is 0 Å². The summed E-state index contributed by atoms with van der Waals surface area (Å²) >= 11 is 0. The first-order valence-electron chi connectivity index (χ1n) is 5.97. The van der Waals surface area contributed by atoms with E-state index in [2.05, 4.69) is 5.32 Å². The number of benzene rings is 1. The van der Waals surface area contributed by atoms with Crippen LogP contribution in [0.5, 0.6) is 0 Å². The van der Waals surface area contributed by atoms with Crippen molar-refractivity contribution in [3.63, 3.8) is 0 Å². The predicted molar refractivity (Wildman–Crippen MR) is 69.3 cm³/mol. The number of carbonyl (C=O) groups excluding carboxylic acids is 1. The number of aliphatic carboxylic acids is 1. The molecule has 3 N–H and O–H groups in total. The Morgan fingerprint density at radius 1 is 1.10 bits per heavy atom. The highest BCUT2D eigenvalue weighted by molar-refractivity contribution is 5.92. The maximum atomic E-state index is 13.4. The van der Waals surface area contributed by atoms with Crippen LogP contribution in [-0.4, -0.2) is 23.1 Å². The molecule has 2 amide bonds. The largest absolute Gasteiger partial charge is 0.480 e. The van der Waals surface area contributed by atoms with Crippen molar-refractivity contribution in [3.8, 4) is 0 Å². The van der Waals surface area contributed by atoms with E-state index in [0.717, 1.165) is 0 Å². The Balaban J connectivity index is 2.87. The molecule has 0 aliphatic heterocycles. The average Bonchev–Trinajstić information content (AvgIpc) is 2.31. The maximum absolute atomic E-state index is 13.4. The van der Waals surface area contributed by atoms with Gasteiger partial charge in [0, 0.05) is 12.1 Å². The summed E-state index contributed by atoms with van der Waals surface area (Å²) in [6, 6.07) is -1.53. The summed E-state index contributed by atoms with van der Waals surface area (Å²) in [6.07, 6.45) is 0. The van der Waals surface area contributed by atoms with Crippen molar-refractivity contribution < 1.29 is 27.9 Å². The first-order valence-corrected chi connectivity index (χ1v) is 5.97. The summed E-state index contributed by atoms with van der Waals surface area (Å²) in [5, 5.41) is 13.1. The molecule has 0 aromatic heterocycles. The zero-order valence-corrected chi connectivity index (χ0v) is 11.6. The van der Waals surface area contributed by atoms with Crippen LogP contribution in [0.2, 0.25) is 0 Å². The van der Waals surface area contributed by atoms with Crippen LogP contribution in [0.4, 0.5) is 23.7 Å². The number of nitrogens with one attached hydrogen (secondary N) is 2. The van der Waals surface area contributed by atoms with Gasteiger partial charge in [-0.1, -0.05) is 20.8 Å². The second-order valence-electron chi connectivity index (χ2n) is 5.48. The Bertz CT molecular complexity index is 571. The third kappa shape index (κ3) is 4.37. The van der Waals surface area contributed by atoms with Crippen LogP contribution < -0.4 is 10.6 Å². The standard InChI is InChI=1S/C13H15F3N2O3/c1-13(2,3)10(11(19)20)18-12(21)17-9-5-7(15)6(14)4-8(9)16/h4-5,10H,1-3H3,(H,19,20)(H2,17,18,21)/t10-/m1/s1. The normalized spacial score (nSPS) is 12.7. The summed E-state index contributed by atoms with van der Waals surface area (Å²) in [5.41, 5.74) is -1.39. The van der Waals surface area contributed by atoms with Gasteiger partial charge in [-0.25, -0.2) is 22.8 Å². The van der Waals surface area contributed by atoms with E-state index in [1.807, 2.05) is 5.32 Å². The third-order valence-electron chi connectivity index (χ3n) is 2.65. The lowest BCUT2D eigenvalue weighted by molar-refractivity contribution is -0.141. The molecule has 8 heteroatoms. The number of amides is 2. The van der Waals surface area contributed by atoms with Gasteiger partial charge in [0.05, 0.1) is 5.69 Å². The lowest BCUT2D eigenvalue weighted by Gasteiger charge is -2.27. The number of urea groups is 1. The van der Waals surface area contributed by atoms with E-state index >= 15 is 0 Å². The van der Waals surface area contributed by atoms with Crippen molar-refractivity contribution in [2.24, 2.45) is 5.41 Å². The highest BCUT2D eigenvalue weighted by atomic mass is 19.2. The van der Waals surface area contributed by atoms with Crippen molar-refractivity contribution >= 4 is 17.7 Å². The Morgan fingerprint density at radius 2 is 1.62 bits per heavy atom. The van der Waals surface area contributed by atoms with Gasteiger partial charge in [0.1, 0.15) is 11.9 Å². The summed E-state index contributed by atoms with van der Waals surface area (Å²) in [7, 11) is 0. The van der Waals surface area contributed by atoms with Gasteiger partial charge in [-0.2, -0.15) is 0 Å². The van der Waals surface area contributed by atoms with Gasteiger partial charge in [-0.3, -0.25) is 0 Å². The van der Waals surface area contributed by atoms with Gasteiger partial charge in [-0.05, 0) is 5.41 Å². The van der Waals surface area contributed by atoms with E-state index in [0.29, 0.717) is 6.07 Å². The van der Waals surface area contributed by atoms with Crippen LogP contribution in [0.25, 0.3) is 0 Å². The third-order valence-corrected chi connectivity index (χ3v) is 2.65. The molecule has 0 aliphatic carbocycles. The number of hydrogen-bond donors (Lipinski definition) is 3. The Labute approximate surface area is 119 Å². The molecule has 0 aliphatic rings. The molecule has 116 valence electrons. The van der Waals surface area contributed by atoms with Gasteiger partial charge >= 0.3 is 12.0 Å². The van der Waals surface area contributed by atoms with Gasteiger partial charge in [0.15, 0.2) is 11.6 Å². The second-order valence-corrected chi connectivity index (χ2v) is 5.48. The summed E-state index contributed by atoms with van der Waals surface area (Å²) in [6.45, 7) is 4.76. The quantitative estimate of drug-likeness (QED) is 0.751. The number of anilines is 1. The molecule has 5 nitrogen and oxygen atoms in total. The molecule has 0 bridgehead atoms. The fourth-order valence-corrected chi connectivity index (χ4v) is 1.56. The van der Waals surface area contributed by atoms with Gasteiger partial charge in [-0.15, -0.1) is 0 Å². The van der Waals surface area contributed by atoms with Crippen molar-refractivity contribution in [2.45, 2.75) is 26.8 Å². The molecule has 21 heavy (non-hydrogen) atoms. The second kappa shape index (κ2) is 6.02. The number of carboxylic acid groups (broad SMARTS) is 1. The average molecular weight is 304 g/mol. The van der Waals surface area contributed by atoms with E-state index < -0.39 is 46.6 Å². The zero-order valence-electron chi connectivity index (χ0n) is 11.6. The number of carboxylic acids is 1. The van der Waals surface area contributed by atoms with Crippen LogP contribution in [0.15, 0.2) is 12.1 Å². The number of rotatable bonds is 3. The smallest absolute Gasteiger partial charge is 0.326 e. The first-order chi connectivity index (χ1) is 9.52. The topological polar surface area (TPSA) is 78.4 Å². The van der Waals surface area contributed by atoms with E-state index in [9.17, 15) is 22.8 Å².